The van der Waals surface area contributed by atoms with Gasteiger partial charge in [0.1, 0.15) is 6.04 Å². The zero-order chi connectivity index (χ0) is 18.8. The van der Waals surface area contributed by atoms with Crippen molar-refractivity contribution in [3.8, 4) is 0 Å². The van der Waals surface area contributed by atoms with Gasteiger partial charge in [0.15, 0.2) is 5.76 Å². The first-order valence-corrected chi connectivity index (χ1v) is 9.32. The molecule has 2 N–H and O–H groups in total. The van der Waals surface area contributed by atoms with Crippen LogP contribution in [0.15, 0.2) is 53.3 Å². The molecule has 27 heavy (non-hydrogen) atoms. The average molecular weight is 365 g/mol. The van der Waals surface area contributed by atoms with E-state index in [-0.39, 0.29) is 17.6 Å². The molecule has 1 atom stereocenters. The van der Waals surface area contributed by atoms with Crippen molar-refractivity contribution < 1.29 is 14.0 Å². The van der Waals surface area contributed by atoms with Crippen LogP contribution >= 0.6 is 0 Å². The summed E-state index contributed by atoms with van der Waals surface area (Å²) in [5, 5.41) is 3.98. The van der Waals surface area contributed by atoms with Crippen LogP contribution in [0.3, 0.4) is 0 Å². The van der Waals surface area contributed by atoms with Crippen molar-refractivity contribution in [2.75, 3.05) is 13.1 Å². The minimum atomic E-state index is -0.577. The van der Waals surface area contributed by atoms with Crippen molar-refractivity contribution in [1.29, 1.82) is 0 Å². The van der Waals surface area contributed by atoms with Crippen LogP contribution in [0.2, 0.25) is 0 Å². The first kappa shape index (κ1) is 17.4. The second kappa shape index (κ2) is 7.31. The number of para-hydroxylation sites is 1. The number of benzene rings is 1. The molecule has 0 unspecified atom stereocenters. The summed E-state index contributed by atoms with van der Waals surface area (Å²) in [6.07, 6.45) is 5.38. The Bertz CT molecular complexity index is 937. The third-order valence-electron chi connectivity index (χ3n) is 5.33. The molecule has 1 aromatic carbocycles. The van der Waals surface area contributed by atoms with Crippen LogP contribution in [0.25, 0.3) is 10.9 Å². The first-order valence-electron chi connectivity index (χ1n) is 9.32. The minimum Gasteiger partial charge on any atom is -0.459 e. The number of furan rings is 1. The predicted molar refractivity (Wildman–Crippen MR) is 102 cm³/mol. The topological polar surface area (TPSA) is 78.3 Å². The van der Waals surface area contributed by atoms with E-state index in [9.17, 15) is 9.59 Å². The van der Waals surface area contributed by atoms with Crippen LogP contribution in [0.4, 0.5) is 0 Å². The molecule has 6 nitrogen and oxygen atoms in total. The molecule has 1 aliphatic heterocycles. The van der Waals surface area contributed by atoms with Gasteiger partial charge in [0.2, 0.25) is 5.91 Å². The summed E-state index contributed by atoms with van der Waals surface area (Å²) in [6, 6.07) is 11.0. The molecule has 140 valence electrons. The van der Waals surface area contributed by atoms with Gasteiger partial charge in [-0.05, 0) is 49.4 Å². The number of H-pyrrole nitrogens is 1. The zero-order valence-electron chi connectivity index (χ0n) is 15.3. The lowest BCUT2D eigenvalue weighted by Crippen LogP contribution is -2.49. The second-order valence-electron chi connectivity index (χ2n) is 7.06. The van der Waals surface area contributed by atoms with Gasteiger partial charge < -0.3 is 19.6 Å². The Hall–Kier alpha value is -3.02. The molecular formula is C21H23N3O3. The average Bonchev–Trinajstić information content (AvgIpc) is 3.37. The largest absolute Gasteiger partial charge is 0.459 e. The number of rotatable bonds is 4. The van der Waals surface area contributed by atoms with Crippen molar-refractivity contribution in [2.24, 2.45) is 0 Å². The van der Waals surface area contributed by atoms with Gasteiger partial charge in [-0.2, -0.15) is 0 Å². The second-order valence-corrected chi connectivity index (χ2v) is 7.06. The third kappa shape index (κ3) is 3.47. The molecule has 0 saturated carbocycles. The number of carbonyl (C=O) groups is 2. The molecular weight excluding hydrogens is 342 g/mol. The van der Waals surface area contributed by atoms with Crippen LogP contribution in [0, 0.1) is 0 Å². The number of amides is 2. The van der Waals surface area contributed by atoms with Crippen LogP contribution in [0.5, 0.6) is 0 Å². The lowest BCUT2D eigenvalue weighted by Gasteiger charge is -2.33. The minimum absolute atomic E-state index is 0.0488. The Labute approximate surface area is 157 Å². The van der Waals surface area contributed by atoms with E-state index in [4.69, 9.17) is 4.42 Å². The molecule has 1 aliphatic rings. The van der Waals surface area contributed by atoms with E-state index in [1.54, 1.807) is 19.1 Å². The number of nitrogens with one attached hydrogen (secondary N) is 2. The molecule has 0 spiro atoms. The first-order chi connectivity index (χ1) is 13.1. The van der Waals surface area contributed by atoms with Gasteiger partial charge in [-0.3, -0.25) is 9.59 Å². The van der Waals surface area contributed by atoms with Gasteiger partial charge in [-0.25, -0.2) is 0 Å². The van der Waals surface area contributed by atoms with Gasteiger partial charge >= 0.3 is 0 Å². The number of hydrogen-bond donors (Lipinski definition) is 2. The fraction of sp³-hybridized carbons (Fsp3) is 0.333. The highest BCUT2D eigenvalue weighted by atomic mass is 16.3. The number of likely N-dealkylation sites (tertiary alicyclic amines) is 1. The Morgan fingerprint density at radius 1 is 1.19 bits per heavy atom. The van der Waals surface area contributed by atoms with E-state index in [1.165, 1.54) is 17.2 Å². The van der Waals surface area contributed by atoms with Gasteiger partial charge in [-0.1, -0.05) is 18.2 Å². The Balaban J connectivity index is 1.36. The summed E-state index contributed by atoms with van der Waals surface area (Å²) >= 11 is 0. The van der Waals surface area contributed by atoms with E-state index in [0.717, 1.165) is 18.4 Å². The zero-order valence-corrected chi connectivity index (χ0v) is 15.3. The smallest absolute Gasteiger partial charge is 0.287 e. The van der Waals surface area contributed by atoms with Crippen LogP contribution in [-0.2, 0) is 4.79 Å². The molecule has 0 radical (unpaired) electrons. The summed E-state index contributed by atoms with van der Waals surface area (Å²) < 4.78 is 5.07. The molecule has 1 saturated heterocycles. The highest BCUT2D eigenvalue weighted by molar-refractivity contribution is 5.95. The molecule has 3 aromatic rings. The fourth-order valence-corrected chi connectivity index (χ4v) is 3.85. The highest BCUT2D eigenvalue weighted by Gasteiger charge is 2.28. The third-order valence-corrected chi connectivity index (χ3v) is 5.33. The van der Waals surface area contributed by atoms with Gasteiger partial charge in [-0.15, -0.1) is 0 Å². The maximum Gasteiger partial charge on any atom is 0.287 e. The number of nitrogens with zero attached hydrogens (tertiary/aromatic N) is 1. The lowest BCUT2D eigenvalue weighted by atomic mass is 9.89. The summed E-state index contributed by atoms with van der Waals surface area (Å²) in [4.78, 5) is 29.9. The number of piperidine rings is 1. The Kier molecular flexibility index (Phi) is 4.71. The standard InChI is InChI=1S/C21H23N3O3/c1-14(23-20(25)19-7-4-12-27-19)21(26)24-10-8-15(9-11-24)17-13-22-18-6-3-2-5-16(17)18/h2-7,12-15,22H,8-11H2,1H3,(H,23,25)/t14-/m0/s1. The monoisotopic (exact) mass is 365 g/mol. The van der Waals surface area contributed by atoms with Gasteiger partial charge in [0.05, 0.1) is 6.26 Å². The van der Waals surface area contributed by atoms with Crippen LogP contribution in [-0.4, -0.2) is 40.8 Å². The van der Waals surface area contributed by atoms with Crippen molar-refractivity contribution in [1.82, 2.24) is 15.2 Å². The number of hydrogen-bond acceptors (Lipinski definition) is 3. The van der Waals surface area contributed by atoms with E-state index in [1.807, 2.05) is 11.0 Å². The molecule has 1 fully saturated rings. The maximum atomic E-state index is 12.7. The SMILES string of the molecule is C[C@H](NC(=O)c1ccco1)C(=O)N1CCC(c2c[nH]c3ccccc23)CC1. The summed E-state index contributed by atoms with van der Waals surface area (Å²) in [5.74, 6) is 0.243. The van der Waals surface area contributed by atoms with E-state index in [0.29, 0.717) is 19.0 Å². The Morgan fingerprint density at radius 2 is 1.96 bits per heavy atom. The number of fused-ring (bicyclic) bond motifs is 1. The maximum absolute atomic E-state index is 12.7. The lowest BCUT2D eigenvalue weighted by molar-refractivity contribution is -0.133. The van der Waals surface area contributed by atoms with Crippen LogP contribution in [0.1, 0.15) is 41.8 Å². The van der Waals surface area contributed by atoms with Crippen molar-refractivity contribution in [3.05, 3.63) is 60.2 Å². The molecule has 6 heteroatoms. The van der Waals surface area contributed by atoms with Gasteiger partial charge in [0, 0.05) is 30.2 Å². The highest BCUT2D eigenvalue weighted by Crippen LogP contribution is 2.33. The van der Waals surface area contributed by atoms with Crippen molar-refractivity contribution in [3.63, 3.8) is 0 Å². The Morgan fingerprint density at radius 3 is 2.70 bits per heavy atom. The molecule has 0 bridgehead atoms. The number of aromatic amines is 1. The molecule has 0 aliphatic carbocycles. The molecule has 2 aromatic heterocycles. The summed E-state index contributed by atoms with van der Waals surface area (Å²) in [5.41, 5.74) is 2.48. The van der Waals surface area contributed by atoms with E-state index >= 15 is 0 Å². The molecule has 4 rings (SSSR count). The predicted octanol–water partition coefficient (Wildman–Crippen LogP) is 3.29. The quantitative estimate of drug-likeness (QED) is 0.745. The summed E-state index contributed by atoms with van der Waals surface area (Å²) in [6.45, 7) is 3.11. The normalized spacial score (nSPS) is 16.4. The van der Waals surface area contributed by atoms with Gasteiger partial charge in [0.25, 0.3) is 5.91 Å². The van der Waals surface area contributed by atoms with E-state index < -0.39 is 6.04 Å². The van der Waals surface area contributed by atoms with E-state index in [2.05, 4.69) is 34.7 Å². The van der Waals surface area contributed by atoms with Crippen LogP contribution < -0.4 is 5.32 Å². The number of carbonyl (C=O) groups excluding carboxylic acids is 2. The molecule has 2 amide bonds. The molecule has 3 heterocycles. The fourth-order valence-electron chi connectivity index (χ4n) is 3.85. The summed E-state index contributed by atoms with van der Waals surface area (Å²) in [7, 11) is 0. The number of aromatic nitrogens is 1. The van der Waals surface area contributed by atoms with Crippen molar-refractivity contribution >= 4 is 22.7 Å². The van der Waals surface area contributed by atoms with Crippen molar-refractivity contribution in [2.45, 2.75) is 31.7 Å².